The fourth-order valence-corrected chi connectivity index (χ4v) is 4.09. The fourth-order valence-electron chi connectivity index (χ4n) is 4.09. The van der Waals surface area contributed by atoms with Gasteiger partial charge in [0, 0.05) is 19.2 Å². The number of anilines is 1. The van der Waals surface area contributed by atoms with Gasteiger partial charge in [-0.25, -0.2) is 4.52 Å². The highest BCUT2D eigenvalue weighted by atomic mass is 16.3. The number of carbonyl (C=O) groups excluding carboxylic acids is 1. The van der Waals surface area contributed by atoms with Crippen LogP contribution in [0.1, 0.15) is 31.7 Å². The second-order valence-corrected chi connectivity index (χ2v) is 7.36. The number of nitrogens with one attached hydrogen (secondary N) is 1. The van der Waals surface area contributed by atoms with Crippen molar-refractivity contribution in [3.05, 3.63) is 30.1 Å². The van der Waals surface area contributed by atoms with Crippen molar-refractivity contribution >= 4 is 17.1 Å². The van der Waals surface area contributed by atoms with Crippen molar-refractivity contribution in [2.75, 3.05) is 31.1 Å². The zero-order valence-electron chi connectivity index (χ0n) is 15.3. The van der Waals surface area contributed by atoms with Gasteiger partial charge in [-0.05, 0) is 62.5 Å². The third-order valence-corrected chi connectivity index (χ3v) is 5.72. The maximum Gasteiger partial charge on any atom is 0.225 e. The maximum absolute atomic E-state index is 11.5. The van der Waals surface area contributed by atoms with E-state index in [-0.39, 0.29) is 5.91 Å². The number of rotatable bonds is 4. The van der Waals surface area contributed by atoms with Gasteiger partial charge in [-0.1, -0.05) is 6.92 Å². The van der Waals surface area contributed by atoms with Crippen LogP contribution in [0.3, 0.4) is 0 Å². The number of nitrogens with zero attached hydrogens (tertiary/aromatic N) is 4. The van der Waals surface area contributed by atoms with Gasteiger partial charge in [0.25, 0.3) is 0 Å². The molecule has 7 nitrogen and oxygen atoms in total. The molecule has 26 heavy (non-hydrogen) atoms. The number of amides is 1. The van der Waals surface area contributed by atoms with Crippen LogP contribution in [-0.2, 0) is 11.2 Å². The molecule has 2 aliphatic heterocycles. The molecule has 0 radical (unpaired) electrons. The largest absolute Gasteiger partial charge is 0.356 e. The summed E-state index contributed by atoms with van der Waals surface area (Å²) in [5.74, 6) is 0.607. The van der Waals surface area contributed by atoms with E-state index in [4.69, 9.17) is 0 Å². The van der Waals surface area contributed by atoms with Crippen molar-refractivity contribution < 1.29 is 9.90 Å². The SMILES string of the molecule is CCN1CCC(Cc2ccn3ncc(N4CCC(=O)NC4O)c3c2)CC1. The Morgan fingerprint density at radius 1 is 1.31 bits per heavy atom. The zero-order chi connectivity index (χ0) is 18.1. The predicted molar refractivity (Wildman–Crippen MR) is 99.8 cm³/mol. The van der Waals surface area contributed by atoms with Gasteiger partial charge in [0.15, 0.2) is 0 Å². The fraction of sp³-hybridized carbons (Fsp3) is 0.579. The molecule has 2 fully saturated rings. The third-order valence-electron chi connectivity index (χ3n) is 5.72. The Balaban J connectivity index is 1.52. The van der Waals surface area contributed by atoms with E-state index in [0.717, 1.165) is 30.1 Å². The van der Waals surface area contributed by atoms with Crippen molar-refractivity contribution in [1.29, 1.82) is 0 Å². The summed E-state index contributed by atoms with van der Waals surface area (Å²) >= 11 is 0. The van der Waals surface area contributed by atoms with Crippen LogP contribution in [0, 0.1) is 5.92 Å². The predicted octanol–water partition coefficient (Wildman–Crippen LogP) is 1.21. The number of piperidine rings is 1. The molecule has 4 rings (SSSR count). The van der Waals surface area contributed by atoms with Crippen molar-refractivity contribution in [3.8, 4) is 0 Å². The first-order valence-electron chi connectivity index (χ1n) is 9.56. The Bertz CT molecular complexity index is 781. The second-order valence-electron chi connectivity index (χ2n) is 7.36. The maximum atomic E-state index is 11.5. The lowest BCUT2D eigenvalue weighted by molar-refractivity contribution is -0.125. The molecule has 2 saturated heterocycles. The molecule has 2 aromatic heterocycles. The number of likely N-dealkylation sites (tertiary alicyclic amines) is 1. The normalized spacial score (nSPS) is 22.8. The molecule has 2 aliphatic rings. The Kier molecular flexibility index (Phi) is 4.82. The van der Waals surface area contributed by atoms with Gasteiger partial charge >= 0.3 is 0 Å². The van der Waals surface area contributed by atoms with Crippen molar-refractivity contribution in [2.45, 2.75) is 39.0 Å². The van der Waals surface area contributed by atoms with Gasteiger partial charge < -0.3 is 20.2 Å². The van der Waals surface area contributed by atoms with E-state index in [0.29, 0.717) is 13.0 Å². The first-order valence-corrected chi connectivity index (χ1v) is 9.56. The molecule has 0 aliphatic carbocycles. The summed E-state index contributed by atoms with van der Waals surface area (Å²) < 4.78 is 1.83. The number of hydrogen-bond donors (Lipinski definition) is 2. The summed E-state index contributed by atoms with van der Waals surface area (Å²) in [6, 6.07) is 4.32. The van der Waals surface area contributed by atoms with E-state index in [1.54, 1.807) is 11.1 Å². The first-order chi connectivity index (χ1) is 12.6. The smallest absolute Gasteiger partial charge is 0.225 e. The summed E-state index contributed by atoms with van der Waals surface area (Å²) in [5.41, 5.74) is 3.15. The summed E-state index contributed by atoms with van der Waals surface area (Å²) in [6.45, 7) is 6.26. The monoisotopic (exact) mass is 357 g/mol. The van der Waals surface area contributed by atoms with Crippen LogP contribution in [0.15, 0.2) is 24.5 Å². The van der Waals surface area contributed by atoms with Crippen molar-refractivity contribution in [2.24, 2.45) is 5.92 Å². The molecule has 1 amide bonds. The molecule has 4 heterocycles. The molecule has 0 spiro atoms. The summed E-state index contributed by atoms with van der Waals surface area (Å²) in [7, 11) is 0. The molecule has 0 aromatic carbocycles. The summed E-state index contributed by atoms with van der Waals surface area (Å²) in [4.78, 5) is 15.8. The average molecular weight is 357 g/mol. The number of pyridine rings is 1. The van der Waals surface area contributed by atoms with E-state index in [2.05, 4.69) is 34.4 Å². The zero-order valence-corrected chi connectivity index (χ0v) is 15.3. The minimum Gasteiger partial charge on any atom is -0.356 e. The molecule has 2 N–H and O–H groups in total. The van der Waals surface area contributed by atoms with Crippen LogP contribution in [0.25, 0.3) is 5.52 Å². The van der Waals surface area contributed by atoms with E-state index in [1.165, 1.54) is 31.5 Å². The van der Waals surface area contributed by atoms with E-state index in [9.17, 15) is 9.90 Å². The second kappa shape index (κ2) is 7.25. The molecule has 1 unspecified atom stereocenters. The number of aromatic nitrogens is 2. The number of fused-ring (bicyclic) bond motifs is 1. The Labute approximate surface area is 153 Å². The summed E-state index contributed by atoms with van der Waals surface area (Å²) in [6.07, 6.45) is 6.72. The van der Waals surface area contributed by atoms with Crippen LogP contribution < -0.4 is 10.2 Å². The number of aliphatic hydroxyl groups is 1. The number of aliphatic hydroxyl groups excluding tert-OH is 1. The highest BCUT2D eigenvalue weighted by Gasteiger charge is 2.26. The van der Waals surface area contributed by atoms with Crippen LogP contribution in [0.2, 0.25) is 0 Å². The van der Waals surface area contributed by atoms with Crippen LogP contribution in [-0.4, -0.2) is 58.1 Å². The van der Waals surface area contributed by atoms with E-state index < -0.39 is 6.35 Å². The highest BCUT2D eigenvalue weighted by molar-refractivity contribution is 5.81. The first kappa shape index (κ1) is 17.3. The van der Waals surface area contributed by atoms with Crippen molar-refractivity contribution in [1.82, 2.24) is 19.8 Å². The average Bonchev–Trinajstić information content (AvgIpc) is 3.05. The molecule has 0 saturated carbocycles. The van der Waals surface area contributed by atoms with Crippen LogP contribution in [0.4, 0.5) is 5.69 Å². The Hall–Kier alpha value is -2.12. The lowest BCUT2D eigenvalue weighted by Gasteiger charge is -2.33. The Morgan fingerprint density at radius 2 is 2.12 bits per heavy atom. The van der Waals surface area contributed by atoms with Gasteiger partial charge in [-0.15, -0.1) is 0 Å². The van der Waals surface area contributed by atoms with E-state index in [1.807, 2.05) is 10.7 Å². The lowest BCUT2D eigenvalue weighted by atomic mass is 9.90. The lowest BCUT2D eigenvalue weighted by Crippen LogP contribution is -2.54. The van der Waals surface area contributed by atoms with Crippen LogP contribution in [0.5, 0.6) is 0 Å². The Morgan fingerprint density at radius 3 is 2.85 bits per heavy atom. The molecule has 7 heteroatoms. The molecule has 0 bridgehead atoms. The molecular formula is C19H27N5O2. The standard InChI is InChI=1S/C19H27N5O2/c1-2-22-7-3-14(4-8-22)11-15-5-10-24-16(12-15)17(13-20-24)23-9-6-18(25)21-19(23)26/h5,10,12-14,19,26H,2-4,6-9,11H2,1H3,(H,21,25). The topological polar surface area (TPSA) is 73.1 Å². The van der Waals surface area contributed by atoms with Gasteiger partial charge in [0.1, 0.15) is 0 Å². The molecular weight excluding hydrogens is 330 g/mol. The molecule has 140 valence electrons. The minimum absolute atomic E-state index is 0.121. The molecule has 2 aromatic rings. The van der Waals surface area contributed by atoms with Gasteiger partial charge in [-0.3, -0.25) is 4.79 Å². The van der Waals surface area contributed by atoms with Crippen molar-refractivity contribution in [3.63, 3.8) is 0 Å². The van der Waals surface area contributed by atoms with E-state index >= 15 is 0 Å². The molecule has 1 atom stereocenters. The van der Waals surface area contributed by atoms with Gasteiger partial charge in [0.05, 0.1) is 17.4 Å². The van der Waals surface area contributed by atoms with Crippen LogP contribution >= 0.6 is 0 Å². The van der Waals surface area contributed by atoms with Gasteiger partial charge in [0.2, 0.25) is 12.3 Å². The summed E-state index contributed by atoms with van der Waals surface area (Å²) in [5, 5.41) is 17.2. The number of hydrogen-bond acceptors (Lipinski definition) is 5. The minimum atomic E-state index is -0.994. The highest BCUT2D eigenvalue weighted by Crippen LogP contribution is 2.27. The third kappa shape index (κ3) is 3.41. The number of carbonyl (C=O) groups is 1. The quantitative estimate of drug-likeness (QED) is 0.861. The van der Waals surface area contributed by atoms with Gasteiger partial charge in [-0.2, -0.15) is 5.10 Å².